The number of rotatable bonds is 5. The number of nitrogens with zero attached hydrogens (tertiary/aromatic N) is 5. The number of hydrogen-bond acceptors (Lipinski definition) is 7. The fourth-order valence-electron chi connectivity index (χ4n) is 2.53. The minimum atomic E-state index is -0.474. The van der Waals surface area contributed by atoms with Crippen LogP contribution in [0.2, 0.25) is 0 Å². The molecule has 4 rings (SSSR count). The van der Waals surface area contributed by atoms with Crippen LogP contribution < -0.4 is 10.1 Å². The maximum atomic E-state index is 13.9. The van der Waals surface area contributed by atoms with E-state index in [1.165, 1.54) is 41.6 Å². The van der Waals surface area contributed by atoms with Gasteiger partial charge in [-0.1, -0.05) is 6.07 Å². The third-order valence-corrected chi connectivity index (χ3v) is 4.65. The number of hydrogen-bond donors (Lipinski definition) is 1. The average Bonchev–Trinajstić information content (AvgIpc) is 3.40. The Morgan fingerprint density at radius 2 is 2.14 bits per heavy atom. The predicted octanol–water partition coefficient (Wildman–Crippen LogP) is 3.19. The Labute approximate surface area is 162 Å². The minimum absolute atomic E-state index is 0.162. The van der Waals surface area contributed by atoms with Gasteiger partial charge < -0.3 is 4.74 Å². The molecule has 0 saturated carbocycles. The number of benzene rings is 2. The molecule has 140 valence electrons. The molecule has 8 nitrogen and oxygen atoms in total. The quantitative estimate of drug-likeness (QED) is 0.557. The Bertz CT molecular complexity index is 1130. The third kappa shape index (κ3) is 3.58. The summed E-state index contributed by atoms with van der Waals surface area (Å²) in [5, 5.41) is 15.9. The molecule has 2 aromatic carbocycles. The zero-order chi connectivity index (χ0) is 19.5. The van der Waals surface area contributed by atoms with Crippen molar-refractivity contribution in [2.45, 2.75) is 0 Å². The molecule has 0 aliphatic rings. The van der Waals surface area contributed by atoms with Gasteiger partial charge in [-0.15, -0.1) is 16.4 Å². The van der Waals surface area contributed by atoms with Crippen LogP contribution >= 0.6 is 11.3 Å². The van der Waals surface area contributed by atoms with E-state index >= 15 is 0 Å². The average molecular weight is 396 g/mol. The number of methoxy groups -OCH3 is 1. The van der Waals surface area contributed by atoms with Crippen LogP contribution in [0.1, 0.15) is 10.4 Å². The lowest BCUT2D eigenvalue weighted by atomic mass is 10.1. The van der Waals surface area contributed by atoms with Crippen molar-refractivity contribution < 1.29 is 13.9 Å². The molecule has 4 aromatic rings. The van der Waals surface area contributed by atoms with Crippen molar-refractivity contribution in [1.82, 2.24) is 25.2 Å². The van der Waals surface area contributed by atoms with Gasteiger partial charge in [0.15, 0.2) is 16.7 Å². The molecule has 0 unspecified atom stereocenters. The standard InChI is InChI=1S/C18H13FN6O2S/c1-27-16-6-5-11(8-14(16)19)15-9-28-18(21-15)22-17(26)12-3-2-4-13(7-12)25-10-20-23-24-25/h2-10H,1H3,(H,21,22,26). The van der Waals surface area contributed by atoms with Gasteiger partial charge in [0.25, 0.3) is 5.91 Å². The summed E-state index contributed by atoms with van der Waals surface area (Å²) in [6, 6.07) is 11.4. The molecule has 0 spiro atoms. The minimum Gasteiger partial charge on any atom is -0.494 e. The van der Waals surface area contributed by atoms with Crippen LogP contribution in [0.15, 0.2) is 54.2 Å². The van der Waals surface area contributed by atoms with Gasteiger partial charge in [0.1, 0.15) is 6.33 Å². The first-order valence-electron chi connectivity index (χ1n) is 8.08. The van der Waals surface area contributed by atoms with Gasteiger partial charge in [-0.3, -0.25) is 10.1 Å². The van der Waals surface area contributed by atoms with Crippen LogP contribution in [0.3, 0.4) is 0 Å². The van der Waals surface area contributed by atoms with Gasteiger partial charge in [-0.2, -0.15) is 0 Å². The van der Waals surface area contributed by atoms with E-state index in [0.717, 1.165) is 0 Å². The highest BCUT2D eigenvalue weighted by Crippen LogP contribution is 2.28. The highest BCUT2D eigenvalue weighted by atomic mass is 32.1. The number of tetrazole rings is 1. The van der Waals surface area contributed by atoms with Gasteiger partial charge in [-0.05, 0) is 46.8 Å². The van der Waals surface area contributed by atoms with E-state index < -0.39 is 5.82 Å². The van der Waals surface area contributed by atoms with E-state index in [-0.39, 0.29) is 11.7 Å². The number of carbonyl (C=O) groups excluding carboxylic acids is 1. The van der Waals surface area contributed by atoms with Gasteiger partial charge in [0.2, 0.25) is 0 Å². The second-order valence-corrected chi connectivity index (χ2v) is 6.50. The van der Waals surface area contributed by atoms with Gasteiger partial charge in [-0.25, -0.2) is 14.1 Å². The molecule has 0 atom stereocenters. The van der Waals surface area contributed by atoms with E-state index in [1.807, 2.05) is 0 Å². The van der Waals surface area contributed by atoms with Crippen LogP contribution in [0.25, 0.3) is 16.9 Å². The summed E-state index contributed by atoms with van der Waals surface area (Å²) in [4.78, 5) is 16.9. The molecule has 0 bridgehead atoms. The Hall–Kier alpha value is -3.66. The molecule has 2 heterocycles. The second kappa shape index (κ2) is 7.53. The number of ether oxygens (including phenoxy) is 1. The summed E-state index contributed by atoms with van der Waals surface area (Å²) >= 11 is 1.25. The van der Waals surface area contributed by atoms with Crippen molar-refractivity contribution in [3.63, 3.8) is 0 Å². The Morgan fingerprint density at radius 1 is 1.25 bits per heavy atom. The van der Waals surface area contributed by atoms with E-state index in [0.29, 0.717) is 27.6 Å². The SMILES string of the molecule is COc1ccc(-c2csc(NC(=O)c3cccc(-n4cnnn4)c3)n2)cc1F. The Morgan fingerprint density at radius 3 is 2.89 bits per heavy atom. The molecular formula is C18H13FN6O2S. The summed E-state index contributed by atoms with van der Waals surface area (Å²) in [5.41, 5.74) is 2.24. The summed E-state index contributed by atoms with van der Waals surface area (Å²) in [6.45, 7) is 0. The number of halogens is 1. The zero-order valence-corrected chi connectivity index (χ0v) is 15.4. The maximum absolute atomic E-state index is 13.9. The van der Waals surface area contributed by atoms with Crippen LogP contribution in [0.4, 0.5) is 9.52 Å². The van der Waals surface area contributed by atoms with E-state index in [2.05, 4.69) is 25.8 Å². The second-order valence-electron chi connectivity index (χ2n) is 5.65. The van der Waals surface area contributed by atoms with Gasteiger partial charge >= 0.3 is 0 Å². The number of nitrogens with one attached hydrogen (secondary N) is 1. The van der Waals surface area contributed by atoms with Crippen LogP contribution in [0, 0.1) is 5.82 Å². The molecule has 1 N–H and O–H groups in total. The largest absolute Gasteiger partial charge is 0.494 e. The number of anilines is 1. The number of amides is 1. The molecule has 0 radical (unpaired) electrons. The lowest BCUT2D eigenvalue weighted by Crippen LogP contribution is -2.12. The molecule has 10 heteroatoms. The molecule has 0 fully saturated rings. The van der Waals surface area contributed by atoms with Crippen LogP contribution in [0.5, 0.6) is 5.75 Å². The third-order valence-electron chi connectivity index (χ3n) is 3.89. The van der Waals surface area contributed by atoms with Gasteiger partial charge in [0, 0.05) is 16.5 Å². The maximum Gasteiger partial charge on any atom is 0.257 e. The van der Waals surface area contributed by atoms with Crippen molar-refractivity contribution >= 4 is 22.4 Å². The topological polar surface area (TPSA) is 94.8 Å². The van der Waals surface area contributed by atoms with Crippen molar-refractivity contribution in [3.05, 3.63) is 65.6 Å². The molecule has 28 heavy (non-hydrogen) atoms. The van der Waals surface area contributed by atoms with E-state index in [9.17, 15) is 9.18 Å². The van der Waals surface area contributed by atoms with E-state index in [1.54, 1.807) is 35.7 Å². The molecule has 0 aliphatic heterocycles. The van der Waals surface area contributed by atoms with E-state index in [4.69, 9.17) is 4.74 Å². The highest BCUT2D eigenvalue weighted by Gasteiger charge is 2.12. The summed E-state index contributed by atoms with van der Waals surface area (Å²) < 4.78 is 20.3. The Balaban J connectivity index is 1.52. The molecule has 2 aromatic heterocycles. The highest BCUT2D eigenvalue weighted by molar-refractivity contribution is 7.14. The van der Waals surface area contributed by atoms with Crippen molar-refractivity contribution in [1.29, 1.82) is 0 Å². The summed E-state index contributed by atoms with van der Waals surface area (Å²) in [5.74, 6) is -0.635. The zero-order valence-electron chi connectivity index (χ0n) is 14.5. The number of aromatic nitrogens is 5. The summed E-state index contributed by atoms with van der Waals surface area (Å²) in [7, 11) is 1.41. The summed E-state index contributed by atoms with van der Waals surface area (Å²) in [6.07, 6.45) is 1.44. The van der Waals surface area contributed by atoms with Crippen molar-refractivity contribution in [2.75, 3.05) is 12.4 Å². The lowest BCUT2D eigenvalue weighted by molar-refractivity contribution is 0.102. The fourth-order valence-corrected chi connectivity index (χ4v) is 3.24. The normalized spacial score (nSPS) is 10.6. The lowest BCUT2D eigenvalue weighted by Gasteiger charge is -2.05. The van der Waals surface area contributed by atoms with Gasteiger partial charge in [0.05, 0.1) is 18.5 Å². The number of carbonyl (C=O) groups is 1. The van der Waals surface area contributed by atoms with Crippen LogP contribution in [-0.2, 0) is 0 Å². The predicted molar refractivity (Wildman–Crippen MR) is 101 cm³/mol. The molecular weight excluding hydrogens is 383 g/mol. The first-order chi connectivity index (χ1) is 13.6. The van der Waals surface area contributed by atoms with Crippen molar-refractivity contribution in [3.8, 4) is 22.7 Å². The molecule has 1 amide bonds. The van der Waals surface area contributed by atoms with Crippen LogP contribution in [-0.4, -0.2) is 38.2 Å². The first-order valence-corrected chi connectivity index (χ1v) is 8.96. The Kier molecular flexibility index (Phi) is 4.77. The fraction of sp³-hybridized carbons (Fsp3) is 0.0556. The smallest absolute Gasteiger partial charge is 0.257 e. The molecule has 0 aliphatic carbocycles. The van der Waals surface area contributed by atoms with Crippen molar-refractivity contribution in [2.24, 2.45) is 0 Å². The number of thiazole rings is 1. The first kappa shape index (κ1) is 17.7. The molecule has 0 saturated heterocycles. The monoisotopic (exact) mass is 396 g/mol.